The monoisotopic (exact) mass is 277 g/mol. The van der Waals surface area contributed by atoms with E-state index in [4.69, 9.17) is 11.6 Å². The molecule has 0 amide bonds. The summed E-state index contributed by atoms with van der Waals surface area (Å²) in [5.41, 5.74) is 0. The molecule has 98 valence electrons. The van der Waals surface area contributed by atoms with Gasteiger partial charge in [-0.3, -0.25) is 0 Å². The highest BCUT2D eigenvalue weighted by molar-refractivity contribution is 6.29. The molecule has 7 nitrogen and oxygen atoms in total. The lowest BCUT2D eigenvalue weighted by Crippen LogP contribution is -2.14. The molecule has 0 bridgehead atoms. The van der Waals surface area contributed by atoms with Crippen molar-refractivity contribution in [2.45, 2.75) is 19.4 Å². The van der Waals surface area contributed by atoms with E-state index in [0.717, 1.165) is 18.1 Å². The normalized spacial score (nSPS) is 12.7. The average molecular weight is 278 g/mol. The number of aromatic nitrogens is 6. The minimum atomic E-state index is 0.0425. The maximum atomic E-state index is 5.98. The third kappa shape index (κ3) is 2.24. The first kappa shape index (κ1) is 11.9. The number of anilines is 1. The van der Waals surface area contributed by atoms with Crippen molar-refractivity contribution >= 4 is 23.2 Å². The Morgan fingerprint density at radius 1 is 1.47 bits per heavy atom. The van der Waals surface area contributed by atoms with Crippen LogP contribution in [0.2, 0.25) is 5.15 Å². The van der Waals surface area contributed by atoms with Gasteiger partial charge in [0.05, 0.1) is 6.04 Å². The smallest absolute Gasteiger partial charge is 0.255 e. The molecule has 0 aliphatic rings. The Morgan fingerprint density at radius 3 is 3.11 bits per heavy atom. The van der Waals surface area contributed by atoms with Gasteiger partial charge in [-0.1, -0.05) is 18.5 Å². The largest absolute Gasteiger partial charge is 0.360 e. The van der Waals surface area contributed by atoms with E-state index >= 15 is 0 Å². The second-order valence-corrected chi connectivity index (χ2v) is 4.40. The van der Waals surface area contributed by atoms with Gasteiger partial charge in [-0.2, -0.15) is 19.6 Å². The van der Waals surface area contributed by atoms with Gasteiger partial charge in [0.1, 0.15) is 23.1 Å². The molecule has 0 aliphatic heterocycles. The number of aromatic amines is 1. The van der Waals surface area contributed by atoms with Gasteiger partial charge in [0.25, 0.3) is 5.78 Å². The number of hydrogen-bond donors (Lipinski definition) is 2. The highest BCUT2D eigenvalue weighted by Gasteiger charge is 2.14. The number of imidazole rings is 1. The zero-order valence-corrected chi connectivity index (χ0v) is 11.0. The first-order chi connectivity index (χ1) is 9.28. The summed E-state index contributed by atoms with van der Waals surface area (Å²) in [5.74, 6) is 2.06. The van der Waals surface area contributed by atoms with Crippen LogP contribution in [0.25, 0.3) is 5.78 Å². The predicted octanol–water partition coefficient (Wildman–Crippen LogP) is 2.06. The number of rotatable bonds is 4. The fraction of sp³-hybridized carbons (Fsp3) is 0.273. The molecule has 0 spiro atoms. The van der Waals surface area contributed by atoms with Crippen LogP contribution in [0, 0.1) is 0 Å². The number of fused-ring (bicyclic) bond motifs is 1. The van der Waals surface area contributed by atoms with Crippen molar-refractivity contribution in [1.29, 1.82) is 0 Å². The zero-order valence-electron chi connectivity index (χ0n) is 10.2. The van der Waals surface area contributed by atoms with E-state index in [9.17, 15) is 0 Å². The van der Waals surface area contributed by atoms with Crippen LogP contribution in [0.5, 0.6) is 0 Å². The maximum absolute atomic E-state index is 5.98. The average Bonchev–Trinajstić information content (AvgIpc) is 3.05. The van der Waals surface area contributed by atoms with Crippen molar-refractivity contribution in [2.75, 3.05) is 5.32 Å². The molecular formula is C11H12ClN7. The molecular weight excluding hydrogens is 266 g/mol. The number of halogens is 1. The van der Waals surface area contributed by atoms with Gasteiger partial charge < -0.3 is 10.3 Å². The third-order valence-corrected chi connectivity index (χ3v) is 2.99. The van der Waals surface area contributed by atoms with Crippen molar-refractivity contribution < 1.29 is 0 Å². The van der Waals surface area contributed by atoms with Crippen LogP contribution >= 0.6 is 11.6 Å². The molecule has 3 aromatic heterocycles. The maximum Gasteiger partial charge on any atom is 0.255 e. The van der Waals surface area contributed by atoms with Gasteiger partial charge in [0.2, 0.25) is 0 Å². The Bertz CT molecular complexity index is 675. The SMILES string of the molecule is CCC(Nc1cc(Cl)nc2ncnn12)c1ncc[nH]1. The highest BCUT2D eigenvalue weighted by Crippen LogP contribution is 2.21. The molecule has 8 heteroatoms. The topological polar surface area (TPSA) is 83.8 Å². The zero-order chi connectivity index (χ0) is 13.2. The summed E-state index contributed by atoms with van der Waals surface area (Å²) in [6.07, 6.45) is 5.83. The van der Waals surface area contributed by atoms with Gasteiger partial charge in [-0.15, -0.1) is 0 Å². The summed E-state index contributed by atoms with van der Waals surface area (Å²) < 4.78 is 1.61. The first-order valence-electron chi connectivity index (χ1n) is 5.90. The molecule has 0 fully saturated rings. The number of nitrogens with one attached hydrogen (secondary N) is 2. The van der Waals surface area contributed by atoms with Gasteiger partial charge in [-0.25, -0.2) is 4.98 Å². The van der Waals surface area contributed by atoms with E-state index in [1.165, 1.54) is 6.33 Å². The summed E-state index contributed by atoms with van der Waals surface area (Å²) in [6, 6.07) is 1.76. The lowest BCUT2D eigenvalue weighted by Gasteiger charge is -2.16. The fourth-order valence-corrected chi connectivity index (χ4v) is 2.08. The van der Waals surface area contributed by atoms with Crippen LogP contribution in [0.3, 0.4) is 0 Å². The Kier molecular flexibility index (Phi) is 3.04. The molecule has 3 heterocycles. The molecule has 19 heavy (non-hydrogen) atoms. The highest BCUT2D eigenvalue weighted by atomic mass is 35.5. The molecule has 2 N–H and O–H groups in total. The Morgan fingerprint density at radius 2 is 2.37 bits per heavy atom. The molecule has 1 unspecified atom stereocenters. The van der Waals surface area contributed by atoms with E-state index in [0.29, 0.717) is 10.9 Å². The molecule has 0 aliphatic carbocycles. The lowest BCUT2D eigenvalue weighted by atomic mass is 10.2. The van der Waals surface area contributed by atoms with E-state index in [2.05, 4.69) is 37.3 Å². The van der Waals surface area contributed by atoms with Crippen molar-refractivity contribution in [1.82, 2.24) is 29.5 Å². The summed E-state index contributed by atoms with van der Waals surface area (Å²) >= 11 is 5.98. The van der Waals surface area contributed by atoms with Crippen LogP contribution in [0.15, 0.2) is 24.8 Å². The van der Waals surface area contributed by atoms with Crippen molar-refractivity contribution in [3.63, 3.8) is 0 Å². The van der Waals surface area contributed by atoms with Gasteiger partial charge >= 0.3 is 0 Å². The summed E-state index contributed by atoms with van der Waals surface area (Å²) in [5, 5.41) is 7.84. The summed E-state index contributed by atoms with van der Waals surface area (Å²) in [7, 11) is 0. The van der Waals surface area contributed by atoms with Crippen molar-refractivity contribution in [2.24, 2.45) is 0 Å². The predicted molar refractivity (Wildman–Crippen MR) is 71.0 cm³/mol. The molecule has 3 rings (SSSR count). The second kappa shape index (κ2) is 4.85. The number of nitrogens with zero attached hydrogens (tertiary/aromatic N) is 5. The number of H-pyrrole nitrogens is 1. The third-order valence-electron chi connectivity index (χ3n) is 2.80. The van der Waals surface area contributed by atoms with Crippen LogP contribution in [-0.4, -0.2) is 29.5 Å². The number of hydrogen-bond acceptors (Lipinski definition) is 5. The van der Waals surface area contributed by atoms with Crippen LogP contribution in [-0.2, 0) is 0 Å². The van der Waals surface area contributed by atoms with Crippen LogP contribution in [0.1, 0.15) is 25.2 Å². The Labute approximate surface area is 114 Å². The van der Waals surface area contributed by atoms with E-state index < -0.39 is 0 Å². The van der Waals surface area contributed by atoms with E-state index in [1.54, 1.807) is 23.0 Å². The van der Waals surface area contributed by atoms with Crippen molar-refractivity contribution in [3.05, 3.63) is 35.8 Å². The molecule has 0 aromatic carbocycles. The molecule has 3 aromatic rings. The fourth-order valence-electron chi connectivity index (χ4n) is 1.90. The minimum Gasteiger partial charge on any atom is -0.360 e. The van der Waals surface area contributed by atoms with Gasteiger partial charge in [0.15, 0.2) is 0 Å². The van der Waals surface area contributed by atoms with Crippen LogP contribution in [0.4, 0.5) is 5.82 Å². The quantitative estimate of drug-likeness (QED) is 0.713. The summed E-state index contributed by atoms with van der Waals surface area (Å²) in [6.45, 7) is 2.07. The van der Waals surface area contributed by atoms with Crippen LogP contribution < -0.4 is 5.32 Å². The molecule has 0 saturated carbocycles. The first-order valence-corrected chi connectivity index (χ1v) is 6.28. The lowest BCUT2D eigenvalue weighted by molar-refractivity contribution is 0.694. The van der Waals surface area contributed by atoms with E-state index in [-0.39, 0.29) is 6.04 Å². The Balaban J connectivity index is 1.98. The van der Waals surface area contributed by atoms with E-state index in [1.807, 2.05) is 0 Å². The minimum absolute atomic E-state index is 0.0425. The molecule has 0 radical (unpaired) electrons. The van der Waals surface area contributed by atoms with Gasteiger partial charge in [-0.05, 0) is 6.42 Å². The summed E-state index contributed by atoms with van der Waals surface area (Å²) in [4.78, 5) is 15.5. The van der Waals surface area contributed by atoms with Crippen molar-refractivity contribution in [3.8, 4) is 0 Å². The molecule has 1 atom stereocenters. The molecule has 0 saturated heterocycles. The second-order valence-electron chi connectivity index (χ2n) is 4.02. The Hall–Kier alpha value is -2.15. The standard InChI is InChI=1S/C11H12ClN7/c1-2-7(10-13-3-4-14-10)17-9-5-8(12)18-11-15-6-16-19(9)11/h3-7,17H,2H2,1H3,(H,13,14). The van der Waals surface area contributed by atoms with Gasteiger partial charge in [0, 0.05) is 18.5 Å².